The van der Waals surface area contributed by atoms with E-state index in [1.165, 1.54) is 186 Å². The minimum absolute atomic E-state index is 0.241. The first-order valence-electron chi connectivity index (χ1n) is 17.5. The molecule has 2 heteroatoms. The Balaban J connectivity index is 0.000000307. The van der Waals surface area contributed by atoms with E-state index >= 15 is 0 Å². The van der Waals surface area contributed by atoms with Gasteiger partial charge in [0.15, 0.2) is 0 Å². The van der Waals surface area contributed by atoms with E-state index in [-0.39, 0.29) is 5.97 Å². The van der Waals surface area contributed by atoms with E-state index in [4.69, 9.17) is 4.74 Å². The maximum atomic E-state index is 11.3. The van der Waals surface area contributed by atoms with Gasteiger partial charge in [0.2, 0.25) is 0 Å². The molecular formula is C36H68O2. The van der Waals surface area contributed by atoms with E-state index in [1.807, 2.05) is 0 Å². The first-order valence-corrected chi connectivity index (χ1v) is 17.5. The minimum Gasteiger partial charge on any atom is -0.462 e. The molecule has 0 saturated heterocycles. The summed E-state index contributed by atoms with van der Waals surface area (Å²) in [4.78, 5) is 11.3. The van der Waals surface area contributed by atoms with Gasteiger partial charge in [-0.25, -0.2) is 4.79 Å². The second kappa shape index (κ2) is 27.8. The highest BCUT2D eigenvalue weighted by Gasteiger charge is 2.11. The lowest BCUT2D eigenvalue weighted by atomic mass is 9.90. The molecule has 0 spiro atoms. The van der Waals surface area contributed by atoms with Crippen molar-refractivity contribution in [3.05, 3.63) is 12.2 Å². The van der Waals surface area contributed by atoms with Gasteiger partial charge in [0.25, 0.3) is 0 Å². The first-order chi connectivity index (χ1) is 18.7. The van der Waals surface area contributed by atoms with Crippen LogP contribution in [0.25, 0.3) is 0 Å². The van der Waals surface area contributed by atoms with Crippen LogP contribution in [0.3, 0.4) is 0 Å². The number of carbonyl (C=O) groups excluding carboxylic acids is 1. The highest BCUT2D eigenvalue weighted by atomic mass is 16.5. The van der Waals surface area contributed by atoms with Crippen molar-refractivity contribution in [1.29, 1.82) is 0 Å². The number of carbonyl (C=O) groups is 1. The number of rotatable bonds is 4. The fraction of sp³-hybridized carbons (Fsp3) is 0.917. The molecule has 3 aliphatic carbocycles. The molecule has 224 valence electrons. The summed E-state index contributed by atoms with van der Waals surface area (Å²) >= 11 is 0. The monoisotopic (exact) mass is 533 g/mol. The molecule has 0 unspecified atom stereocenters. The van der Waals surface area contributed by atoms with Crippen LogP contribution >= 0.6 is 0 Å². The number of hydrogen-bond donors (Lipinski definition) is 0. The molecule has 0 aromatic rings. The van der Waals surface area contributed by atoms with Crippen LogP contribution in [-0.2, 0) is 9.53 Å². The van der Waals surface area contributed by atoms with E-state index in [2.05, 4.69) is 6.58 Å². The third-order valence-electron chi connectivity index (χ3n) is 8.83. The van der Waals surface area contributed by atoms with Gasteiger partial charge in [-0.05, 0) is 19.3 Å². The van der Waals surface area contributed by atoms with Crippen LogP contribution < -0.4 is 0 Å². The zero-order valence-corrected chi connectivity index (χ0v) is 26.0. The molecule has 3 rings (SSSR count). The molecule has 0 N–H and O–H groups in total. The Hall–Kier alpha value is -0.790. The molecule has 38 heavy (non-hydrogen) atoms. The minimum atomic E-state index is -0.241. The summed E-state index contributed by atoms with van der Waals surface area (Å²) in [6, 6.07) is 0. The van der Waals surface area contributed by atoms with Crippen LogP contribution in [0.15, 0.2) is 12.2 Å². The smallest absolute Gasteiger partial charge is 0.333 e. The zero-order valence-electron chi connectivity index (χ0n) is 26.0. The summed E-state index contributed by atoms with van der Waals surface area (Å²) in [5, 5.41) is 0. The Labute approximate surface area is 239 Å². The van der Waals surface area contributed by atoms with Crippen LogP contribution in [0, 0.1) is 5.92 Å². The van der Waals surface area contributed by atoms with Gasteiger partial charge in [-0.3, -0.25) is 0 Å². The van der Waals surface area contributed by atoms with Gasteiger partial charge >= 0.3 is 5.97 Å². The Morgan fingerprint density at radius 1 is 0.500 bits per heavy atom. The molecule has 3 saturated carbocycles. The third kappa shape index (κ3) is 24.3. The average molecular weight is 533 g/mol. The molecule has 2 nitrogen and oxygen atoms in total. The van der Waals surface area contributed by atoms with Crippen molar-refractivity contribution >= 4 is 5.97 Å². The van der Waals surface area contributed by atoms with Crippen molar-refractivity contribution in [2.45, 2.75) is 200 Å². The molecule has 3 fully saturated rings. The topological polar surface area (TPSA) is 26.3 Å². The molecule has 0 amide bonds. The predicted octanol–water partition coefficient (Wildman–Crippen LogP) is 12.4. The molecule has 0 atom stereocenters. The van der Waals surface area contributed by atoms with E-state index in [0.717, 1.165) is 12.3 Å². The summed E-state index contributed by atoms with van der Waals surface area (Å²) < 4.78 is 5.20. The van der Waals surface area contributed by atoms with Gasteiger partial charge in [0, 0.05) is 5.57 Å². The Bertz CT molecular complexity index is 429. The fourth-order valence-corrected chi connectivity index (χ4v) is 6.16. The van der Waals surface area contributed by atoms with Gasteiger partial charge in [-0.2, -0.15) is 0 Å². The number of ether oxygens (including phenoxy) is 1. The van der Waals surface area contributed by atoms with E-state index in [1.54, 1.807) is 6.92 Å². The van der Waals surface area contributed by atoms with Crippen LogP contribution in [0.2, 0.25) is 0 Å². The van der Waals surface area contributed by atoms with Gasteiger partial charge in [-0.15, -0.1) is 0 Å². The highest BCUT2D eigenvalue weighted by Crippen LogP contribution is 2.24. The first kappa shape index (κ1) is 35.2. The summed E-state index contributed by atoms with van der Waals surface area (Å²) in [5.74, 6) is 0.510. The van der Waals surface area contributed by atoms with Crippen molar-refractivity contribution in [1.82, 2.24) is 0 Å². The molecule has 0 aliphatic heterocycles. The fourth-order valence-electron chi connectivity index (χ4n) is 6.16. The zero-order chi connectivity index (χ0) is 27.4. The van der Waals surface area contributed by atoms with Crippen LogP contribution in [-0.4, -0.2) is 12.6 Å². The SMILES string of the molecule is C1CCCCCCCCC1.C1CCCCCCCCC1.C=C(C)C(=O)OCCC1CCCCCCCCC1. The Morgan fingerprint density at radius 3 is 0.974 bits per heavy atom. The van der Waals surface area contributed by atoms with Crippen LogP contribution in [0.4, 0.5) is 0 Å². The van der Waals surface area contributed by atoms with Crippen molar-refractivity contribution in [2.24, 2.45) is 5.92 Å². The summed E-state index contributed by atoms with van der Waals surface area (Å²) in [6.07, 6.45) is 43.3. The van der Waals surface area contributed by atoms with Gasteiger partial charge in [0.1, 0.15) is 0 Å². The Kier molecular flexibility index (Phi) is 25.7. The van der Waals surface area contributed by atoms with Crippen molar-refractivity contribution < 1.29 is 9.53 Å². The Morgan fingerprint density at radius 2 is 0.737 bits per heavy atom. The second-order valence-electron chi connectivity index (χ2n) is 12.7. The van der Waals surface area contributed by atoms with Crippen LogP contribution in [0.1, 0.15) is 200 Å². The summed E-state index contributed by atoms with van der Waals surface area (Å²) in [5.41, 5.74) is 0.501. The lowest BCUT2D eigenvalue weighted by molar-refractivity contribution is -0.139. The number of hydrogen-bond acceptors (Lipinski definition) is 2. The van der Waals surface area contributed by atoms with Crippen molar-refractivity contribution in [2.75, 3.05) is 6.61 Å². The molecule has 0 bridgehead atoms. The average Bonchev–Trinajstić information content (AvgIpc) is 2.94. The number of esters is 1. The highest BCUT2D eigenvalue weighted by molar-refractivity contribution is 5.86. The van der Waals surface area contributed by atoms with E-state index in [0.29, 0.717) is 12.2 Å². The molecular weight excluding hydrogens is 464 g/mol. The lowest BCUT2D eigenvalue weighted by Gasteiger charge is -2.18. The standard InChI is InChI=1S/C16H28O2.2C10H20/c1-14(2)16(17)18-13-12-15-10-8-6-4-3-5-7-9-11-15;2*1-2-4-6-8-10-9-7-5-3-1/h15H,1,3-13H2,2H3;2*1-10H2. The molecule has 0 radical (unpaired) electrons. The maximum Gasteiger partial charge on any atom is 0.333 e. The molecule has 3 aliphatic rings. The normalized spacial score (nSPS) is 21.7. The summed E-state index contributed by atoms with van der Waals surface area (Å²) in [6.45, 7) is 5.86. The maximum absolute atomic E-state index is 11.3. The second-order valence-corrected chi connectivity index (χ2v) is 12.7. The molecule has 0 heterocycles. The molecule has 0 aromatic carbocycles. The van der Waals surface area contributed by atoms with E-state index in [9.17, 15) is 4.79 Å². The van der Waals surface area contributed by atoms with Gasteiger partial charge in [0.05, 0.1) is 6.61 Å². The van der Waals surface area contributed by atoms with Crippen molar-refractivity contribution in [3.63, 3.8) is 0 Å². The van der Waals surface area contributed by atoms with Crippen LogP contribution in [0.5, 0.6) is 0 Å². The van der Waals surface area contributed by atoms with Gasteiger partial charge in [-0.1, -0.05) is 193 Å². The predicted molar refractivity (Wildman–Crippen MR) is 168 cm³/mol. The third-order valence-corrected chi connectivity index (χ3v) is 8.83. The largest absolute Gasteiger partial charge is 0.462 e. The van der Waals surface area contributed by atoms with Crippen molar-refractivity contribution in [3.8, 4) is 0 Å². The van der Waals surface area contributed by atoms with Gasteiger partial charge < -0.3 is 4.74 Å². The summed E-state index contributed by atoms with van der Waals surface area (Å²) in [7, 11) is 0. The quantitative estimate of drug-likeness (QED) is 0.266. The van der Waals surface area contributed by atoms with E-state index < -0.39 is 0 Å². The lowest BCUT2D eigenvalue weighted by Crippen LogP contribution is -2.11. The molecule has 0 aromatic heterocycles.